The van der Waals surface area contributed by atoms with Crippen molar-refractivity contribution in [3.05, 3.63) is 34.0 Å². The van der Waals surface area contributed by atoms with E-state index in [9.17, 15) is 4.79 Å². The first-order valence-electron chi connectivity index (χ1n) is 8.91. The summed E-state index contributed by atoms with van der Waals surface area (Å²) < 4.78 is 6.90. The Morgan fingerprint density at radius 1 is 1.38 bits per heavy atom. The van der Waals surface area contributed by atoms with Crippen LogP contribution in [0.15, 0.2) is 12.4 Å². The molecule has 2 aromatic heterocycles. The molecule has 0 aromatic carbocycles. The van der Waals surface area contributed by atoms with Gasteiger partial charge in [-0.2, -0.15) is 5.10 Å². The second-order valence-electron chi connectivity index (χ2n) is 6.27. The fraction of sp³-hybridized carbons (Fsp3) is 0.500. The molecular formula is C18H24N4O2S2. The SMILES string of the molecule is CCn1cc(CNC(=S)Nc2sc3c(c2C(=O)OC)CCCCC3)cn1. The minimum atomic E-state index is -0.293. The number of nitrogens with zero attached hydrogens (tertiary/aromatic N) is 2. The molecule has 0 fully saturated rings. The number of anilines is 1. The lowest BCUT2D eigenvalue weighted by molar-refractivity contribution is 0.0601. The number of aryl methyl sites for hydroxylation is 2. The van der Waals surface area contributed by atoms with Crippen LogP contribution in [0.5, 0.6) is 0 Å². The van der Waals surface area contributed by atoms with Gasteiger partial charge in [0, 0.05) is 29.7 Å². The van der Waals surface area contributed by atoms with Crippen LogP contribution in [0, 0.1) is 0 Å². The Kier molecular flexibility index (Phi) is 6.26. The quantitative estimate of drug-likeness (QED) is 0.461. The molecule has 1 aliphatic carbocycles. The molecule has 3 rings (SSSR count). The maximum absolute atomic E-state index is 12.3. The van der Waals surface area contributed by atoms with Crippen molar-refractivity contribution >= 4 is 39.6 Å². The van der Waals surface area contributed by atoms with Crippen LogP contribution in [0.4, 0.5) is 5.00 Å². The van der Waals surface area contributed by atoms with Gasteiger partial charge in [0.1, 0.15) is 5.00 Å². The molecule has 140 valence electrons. The van der Waals surface area contributed by atoms with Crippen LogP contribution >= 0.6 is 23.6 Å². The number of carbonyl (C=O) groups excluding carboxylic acids is 1. The van der Waals surface area contributed by atoms with E-state index >= 15 is 0 Å². The molecular weight excluding hydrogens is 368 g/mol. The largest absolute Gasteiger partial charge is 0.465 e. The number of rotatable bonds is 5. The van der Waals surface area contributed by atoms with Gasteiger partial charge in [-0.3, -0.25) is 4.68 Å². The zero-order valence-electron chi connectivity index (χ0n) is 15.1. The number of fused-ring (bicyclic) bond motifs is 1. The third-order valence-corrected chi connectivity index (χ3v) is 5.96. The van der Waals surface area contributed by atoms with Crippen molar-refractivity contribution < 1.29 is 9.53 Å². The summed E-state index contributed by atoms with van der Waals surface area (Å²) in [5.74, 6) is -0.293. The Morgan fingerprint density at radius 2 is 2.19 bits per heavy atom. The first-order valence-corrected chi connectivity index (χ1v) is 10.1. The van der Waals surface area contributed by atoms with Crippen molar-refractivity contribution in [1.82, 2.24) is 15.1 Å². The number of aromatic nitrogens is 2. The number of nitrogens with one attached hydrogen (secondary N) is 2. The highest BCUT2D eigenvalue weighted by atomic mass is 32.1. The monoisotopic (exact) mass is 392 g/mol. The zero-order chi connectivity index (χ0) is 18.5. The lowest BCUT2D eigenvalue weighted by Gasteiger charge is -2.10. The van der Waals surface area contributed by atoms with Gasteiger partial charge in [0.15, 0.2) is 5.11 Å². The van der Waals surface area contributed by atoms with Gasteiger partial charge in [-0.1, -0.05) is 6.42 Å². The van der Waals surface area contributed by atoms with E-state index in [-0.39, 0.29) is 5.97 Å². The number of hydrogen-bond donors (Lipinski definition) is 2. The topological polar surface area (TPSA) is 68.2 Å². The number of carbonyl (C=O) groups is 1. The van der Waals surface area contributed by atoms with Gasteiger partial charge in [-0.15, -0.1) is 11.3 Å². The fourth-order valence-electron chi connectivity index (χ4n) is 3.15. The van der Waals surface area contributed by atoms with Crippen molar-refractivity contribution in [2.45, 2.75) is 52.1 Å². The van der Waals surface area contributed by atoms with E-state index in [1.165, 1.54) is 18.4 Å². The molecule has 2 N–H and O–H groups in total. The standard InChI is InChI=1S/C18H24N4O2S2/c1-3-22-11-12(10-20-22)9-19-18(25)21-16-15(17(23)24-2)13-7-5-4-6-8-14(13)26-16/h10-11H,3-9H2,1-2H3,(H2,19,21,25). The summed E-state index contributed by atoms with van der Waals surface area (Å²) in [6.07, 6.45) is 9.23. The minimum Gasteiger partial charge on any atom is -0.465 e. The predicted molar refractivity (Wildman–Crippen MR) is 108 cm³/mol. The number of hydrogen-bond acceptors (Lipinski definition) is 5. The summed E-state index contributed by atoms with van der Waals surface area (Å²) in [4.78, 5) is 13.6. The molecule has 2 aromatic rings. The highest BCUT2D eigenvalue weighted by molar-refractivity contribution is 7.80. The van der Waals surface area contributed by atoms with Crippen LogP contribution in [0.3, 0.4) is 0 Å². The lowest BCUT2D eigenvalue weighted by Crippen LogP contribution is -2.28. The lowest BCUT2D eigenvalue weighted by atomic mass is 10.1. The summed E-state index contributed by atoms with van der Waals surface area (Å²) >= 11 is 7.05. The molecule has 0 saturated heterocycles. The summed E-state index contributed by atoms with van der Waals surface area (Å²) in [5, 5.41) is 11.9. The number of esters is 1. The van der Waals surface area contributed by atoms with Crippen LogP contribution in [-0.4, -0.2) is 28.0 Å². The predicted octanol–water partition coefficient (Wildman–Crippen LogP) is 3.51. The summed E-state index contributed by atoms with van der Waals surface area (Å²) in [6, 6.07) is 0. The van der Waals surface area contributed by atoms with Crippen LogP contribution < -0.4 is 10.6 Å². The molecule has 0 unspecified atom stereocenters. The minimum absolute atomic E-state index is 0.293. The van der Waals surface area contributed by atoms with Gasteiger partial charge in [-0.05, 0) is 50.4 Å². The zero-order valence-corrected chi connectivity index (χ0v) is 16.8. The molecule has 0 atom stereocenters. The molecule has 0 radical (unpaired) electrons. The second kappa shape index (κ2) is 8.64. The van der Waals surface area contributed by atoms with Crippen molar-refractivity contribution in [3.8, 4) is 0 Å². The average molecular weight is 393 g/mol. The summed E-state index contributed by atoms with van der Waals surface area (Å²) in [5.41, 5.74) is 2.84. The van der Waals surface area contributed by atoms with Crippen LogP contribution in [0.1, 0.15) is 52.5 Å². The fourth-order valence-corrected chi connectivity index (χ4v) is 4.67. The number of methoxy groups -OCH3 is 1. The van der Waals surface area contributed by atoms with Crippen molar-refractivity contribution in [3.63, 3.8) is 0 Å². The maximum Gasteiger partial charge on any atom is 0.341 e. The Bertz CT molecular complexity index is 797. The summed E-state index contributed by atoms with van der Waals surface area (Å²) in [7, 11) is 1.43. The molecule has 2 heterocycles. The smallest absolute Gasteiger partial charge is 0.341 e. The number of ether oxygens (including phenoxy) is 1. The van der Waals surface area contributed by atoms with Gasteiger partial charge in [-0.25, -0.2) is 4.79 Å². The highest BCUT2D eigenvalue weighted by Gasteiger charge is 2.25. The molecule has 0 aliphatic heterocycles. The normalized spacial score (nSPS) is 13.6. The Balaban J connectivity index is 1.71. The maximum atomic E-state index is 12.3. The van der Waals surface area contributed by atoms with Gasteiger partial charge in [0.25, 0.3) is 0 Å². The molecule has 0 amide bonds. The summed E-state index contributed by atoms with van der Waals surface area (Å²) in [6.45, 7) is 3.47. The van der Waals surface area contributed by atoms with E-state index in [1.807, 2.05) is 24.0 Å². The third kappa shape index (κ3) is 4.24. The molecule has 0 saturated carbocycles. The van der Waals surface area contributed by atoms with E-state index in [2.05, 4.69) is 15.7 Å². The number of thiophene rings is 1. The average Bonchev–Trinajstić information content (AvgIpc) is 3.17. The Hall–Kier alpha value is -1.93. The molecule has 0 spiro atoms. The van der Waals surface area contributed by atoms with E-state index in [1.54, 1.807) is 11.3 Å². The van der Waals surface area contributed by atoms with Crippen molar-refractivity contribution in [2.75, 3.05) is 12.4 Å². The molecule has 0 bridgehead atoms. The molecule has 1 aliphatic rings. The Labute approximate surface area is 162 Å². The van der Waals surface area contributed by atoms with Crippen LogP contribution in [-0.2, 0) is 30.7 Å². The van der Waals surface area contributed by atoms with Crippen LogP contribution in [0.2, 0.25) is 0 Å². The molecule has 8 heteroatoms. The van der Waals surface area contributed by atoms with Gasteiger partial charge in [0.2, 0.25) is 0 Å². The van der Waals surface area contributed by atoms with Gasteiger partial charge in [0.05, 0.1) is 18.9 Å². The van der Waals surface area contributed by atoms with E-state index in [4.69, 9.17) is 17.0 Å². The van der Waals surface area contributed by atoms with Crippen molar-refractivity contribution in [2.24, 2.45) is 0 Å². The van der Waals surface area contributed by atoms with Crippen molar-refractivity contribution in [1.29, 1.82) is 0 Å². The first kappa shape index (κ1) is 18.8. The molecule has 26 heavy (non-hydrogen) atoms. The Morgan fingerprint density at radius 3 is 2.92 bits per heavy atom. The van der Waals surface area contributed by atoms with E-state index in [0.717, 1.165) is 48.4 Å². The van der Waals surface area contributed by atoms with Gasteiger partial charge < -0.3 is 15.4 Å². The first-order chi connectivity index (χ1) is 12.6. The van der Waals surface area contributed by atoms with E-state index in [0.29, 0.717) is 17.2 Å². The van der Waals surface area contributed by atoms with Crippen LogP contribution in [0.25, 0.3) is 0 Å². The molecule has 6 nitrogen and oxygen atoms in total. The third-order valence-electron chi connectivity index (χ3n) is 4.50. The highest BCUT2D eigenvalue weighted by Crippen LogP contribution is 2.37. The van der Waals surface area contributed by atoms with E-state index < -0.39 is 0 Å². The van der Waals surface area contributed by atoms with Gasteiger partial charge >= 0.3 is 5.97 Å². The second-order valence-corrected chi connectivity index (χ2v) is 7.79. The number of thiocarbonyl (C=S) groups is 1.